The molecule has 0 saturated carbocycles. The number of hydrogen-bond acceptors (Lipinski definition) is 4. The summed E-state index contributed by atoms with van der Waals surface area (Å²) in [6, 6.07) is 11.0. The van der Waals surface area contributed by atoms with Gasteiger partial charge in [-0.3, -0.25) is 4.79 Å². The Morgan fingerprint density at radius 2 is 2.05 bits per heavy atom. The highest BCUT2D eigenvalue weighted by Crippen LogP contribution is 2.09. The third kappa shape index (κ3) is 3.98. The third-order valence-corrected chi connectivity index (χ3v) is 2.74. The fraction of sp³-hybridized carbons (Fsp3) is 0.200. The van der Waals surface area contributed by atoms with E-state index in [9.17, 15) is 4.79 Å². The number of aryl methyl sites for hydroxylation is 1. The van der Waals surface area contributed by atoms with Gasteiger partial charge in [0.05, 0.1) is 12.5 Å². The van der Waals surface area contributed by atoms with E-state index in [-0.39, 0.29) is 11.9 Å². The topological polar surface area (TPSA) is 66.6 Å². The molecule has 0 fully saturated rings. The van der Waals surface area contributed by atoms with E-state index >= 15 is 0 Å². The molecular weight excluding hydrogens is 254 g/mol. The number of amides is 1. The zero-order chi connectivity index (χ0) is 14.4. The zero-order valence-electron chi connectivity index (χ0n) is 11.5. The van der Waals surface area contributed by atoms with E-state index in [1.165, 1.54) is 11.8 Å². The number of carbonyl (C=O) groups is 1. The SMILES string of the molecule is Cc1ccc(N[C@@H](C)C(=O)N/N=C\c2ccco2)cc1. The van der Waals surface area contributed by atoms with Crippen molar-refractivity contribution in [3.8, 4) is 0 Å². The summed E-state index contributed by atoms with van der Waals surface area (Å²) in [6.45, 7) is 3.79. The summed E-state index contributed by atoms with van der Waals surface area (Å²) in [4.78, 5) is 11.8. The third-order valence-electron chi connectivity index (χ3n) is 2.74. The first-order chi connectivity index (χ1) is 9.65. The van der Waals surface area contributed by atoms with Gasteiger partial charge in [-0.1, -0.05) is 17.7 Å². The summed E-state index contributed by atoms with van der Waals surface area (Å²) in [5.41, 5.74) is 4.53. The lowest BCUT2D eigenvalue weighted by atomic mass is 10.2. The Bertz CT molecular complexity index is 574. The number of hydrogen-bond donors (Lipinski definition) is 2. The van der Waals surface area contributed by atoms with Crippen molar-refractivity contribution < 1.29 is 9.21 Å². The first-order valence-electron chi connectivity index (χ1n) is 6.35. The van der Waals surface area contributed by atoms with Crippen LogP contribution >= 0.6 is 0 Å². The minimum Gasteiger partial charge on any atom is -0.463 e. The predicted molar refractivity (Wildman–Crippen MR) is 78.7 cm³/mol. The van der Waals surface area contributed by atoms with Gasteiger partial charge in [0.2, 0.25) is 0 Å². The number of furan rings is 1. The van der Waals surface area contributed by atoms with Crippen LogP contribution in [0.3, 0.4) is 0 Å². The standard InChI is InChI=1S/C15H17N3O2/c1-11-5-7-13(8-6-11)17-12(2)15(19)18-16-10-14-4-3-9-20-14/h3-10,12,17H,1-2H3,(H,18,19)/b16-10-/t12-/m0/s1. The van der Waals surface area contributed by atoms with E-state index in [0.29, 0.717) is 5.76 Å². The summed E-state index contributed by atoms with van der Waals surface area (Å²) in [7, 11) is 0. The van der Waals surface area contributed by atoms with Crippen LogP contribution in [0.4, 0.5) is 5.69 Å². The first-order valence-corrected chi connectivity index (χ1v) is 6.35. The predicted octanol–water partition coefficient (Wildman–Crippen LogP) is 2.54. The molecule has 1 atom stereocenters. The lowest BCUT2D eigenvalue weighted by Crippen LogP contribution is -2.34. The van der Waals surface area contributed by atoms with Crippen molar-refractivity contribution in [1.29, 1.82) is 0 Å². The molecule has 0 aliphatic heterocycles. The van der Waals surface area contributed by atoms with Crippen LogP contribution in [-0.4, -0.2) is 18.2 Å². The second-order valence-electron chi connectivity index (χ2n) is 4.48. The van der Waals surface area contributed by atoms with Crippen molar-refractivity contribution in [3.05, 3.63) is 54.0 Å². The number of hydrazone groups is 1. The van der Waals surface area contributed by atoms with Gasteiger partial charge in [-0.2, -0.15) is 5.10 Å². The second-order valence-corrected chi connectivity index (χ2v) is 4.48. The quantitative estimate of drug-likeness (QED) is 0.648. The Morgan fingerprint density at radius 1 is 1.30 bits per heavy atom. The molecule has 1 aromatic carbocycles. The molecule has 0 spiro atoms. The highest BCUT2D eigenvalue weighted by molar-refractivity contribution is 5.85. The van der Waals surface area contributed by atoms with Gasteiger partial charge >= 0.3 is 0 Å². The van der Waals surface area contributed by atoms with Gasteiger partial charge in [0.15, 0.2) is 0 Å². The van der Waals surface area contributed by atoms with Crippen molar-refractivity contribution in [2.24, 2.45) is 5.10 Å². The van der Waals surface area contributed by atoms with E-state index < -0.39 is 0 Å². The van der Waals surface area contributed by atoms with Crippen LogP contribution in [0.25, 0.3) is 0 Å². The first kappa shape index (κ1) is 13.9. The average Bonchev–Trinajstić information content (AvgIpc) is 2.94. The molecule has 2 aromatic rings. The summed E-state index contributed by atoms with van der Waals surface area (Å²) in [6.07, 6.45) is 3.00. The van der Waals surface area contributed by atoms with Gasteiger partial charge < -0.3 is 9.73 Å². The molecule has 0 bridgehead atoms. The van der Waals surface area contributed by atoms with Gasteiger partial charge in [-0.15, -0.1) is 0 Å². The van der Waals surface area contributed by atoms with Crippen molar-refractivity contribution in [3.63, 3.8) is 0 Å². The molecule has 20 heavy (non-hydrogen) atoms. The molecule has 2 rings (SSSR count). The molecule has 1 amide bonds. The van der Waals surface area contributed by atoms with Crippen LogP contribution in [0.1, 0.15) is 18.2 Å². The molecule has 1 aromatic heterocycles. The van der Waals surface area contributed by atoms with Gasteiger partial charge in [0.25, 0.3) is 5.91 Å². The minimum absolute atomic E-state index is 0.214. The highest BCUT2D eigenvalue weighted by Gasteiger charge is 2.11. The van der Waals surface area contributed by atoms with Crippen LogP contribution in [0, 0.1) is 6.92 Å². The fourth-order valence-electron chi connectivity index (χ4n) is 1.59. The van der Waals surface area contributed by atoms with Crippen molar-refractivity contribution in [2.45, 2.75) is 19.9 Å². The smallest absolute Gasteiger partial charge is 0.262 e. The van der Waals surface area contributed by atoms with E-state index in [2.05, 4.69) is 15.8 Å². The summed E-state index contributed by atoms with van der Waals surface area (Å²) >= 11 is 0. The van der Waals surface area contributed by atoms with E-state index in [0.717, 1.165) is 5.69 Å². The fourth-order valence-corrected chi connectivity index (χ4v) is 1.59. The van der Waals surface area contributed by atoms with Crippen LogP contribution in [0.2, 0.25) is 0 Å². The maximum atomic E-state index is 11.8. The molecule has 1 heterocycles. The maximum Gasteiger partial charge on any atom is 0.262 e. The number of carbonyl (C=O) groups excluding carboxylic acids is 1. The van der Waals surface area contributed by atoms with Crippen LogP contribution in [-0.2, 0) is 4.79 Å². The Hall–Kier alpha value is -2.56. The van der Waals surface area contributed by atoms with Gasteiger partial charge in [-0.05, 0) is 38.1 Å². The van der Waals surface area contributed by atoms with Crippen molar-refractivity contribution in [1.82, 2.24) is 5.43 Å². The molecule has 0 radical (unpaired) electrons. The van der Waals surface area contributed by atoms with Crippen LogP contribution in [0.5, 0.6) is 0 Å². The molecular formula is C15H17N3O2. The van der Waals surface area contributed by atoms with Gasteiger partial charge in [0.1, 0.15) is 11.8 Å². The Kier molecular flexibility index (Phi) is 4.55. The number of nitrogens with one attached hydrogen (secondary N) is 2. The summed E-state index contributed by atoms with van der Waals surface area (Å²) < 4.78 is 5.07. The highest BCUT2D eigenvalue weighted by atomic mass is 16.3. The lowest BCUT2D eigenvalue weighted by molar-refractivity contribution is -0.121. The van der Waals surface area contributed by atoms with Gasteiger partial charge in [-0.25, -0.2) is 5.43 Å². The van der Waals surface area contributed by atoms with E-state index in [1.54, 1.807) is 25.3 Å². The molecule has 104 valence electrons. The lowest BCUT2D eigenvalue weighted by Gasteiger charge is -2.13. The molecule has 0 saturated heterocycles. The summed E-state index contributed by atoms with van der Waals surface area (Å²) in [5.74, 6) is 0.373. The zero-order valence-corrected chi connectivity index (χ0v) is 11.5. The minimum atomic E-state index is -0.383. The number of rotatable bonds is 5. The monoisotopic (exact) mass is 271 g/mol. The Morgan fingerprint density at radius 3 is 2.70 bits per heavy atom. The van der Waals surface area contributed by atoms with E-state index in [1.807, 2.05) is 31.2 Å². The molecule has 0 aliphatic rings. The molecule has 2 N–H and O–H groups in total. The van der Waals surface area contributed by atoms with Crippen molar-refractivity contribution >= 4 is 17.8 Å². The molecule has 0 aliphatic carbocycles. The summed E-state index contributed by atoms with van der Waals surface area (Å²) in [5, 5.41) is 6.94. The number of nitrogens with zero attached hydrogens (tertiary/aromatic N) is 1. The largest absolute Gasteiger partial charge is 0.463 e. The second kappa shape index (κ2) is 6.56. The molecule has 5 heteroatoms. The number of anilines is 1. The Balaban J connectivity index is 1.84. The molecule has 5 nitrogen and oxygen atoms in total. The van der Waals surface area contributed by atoms with Crippen LogP contribution < -0.4 is 10.7 Å². The molecule has 0 unspecified atom stereocenters. The van der Waals surface area contributed by atoms with Gasteiger partial charge in [0, 0.05) is 5.69 Å². The Labute approximate surface area is 117 Å². The van der Waals surface area contributed by atoms with Crippen molar-refractivity contribution in [2.75, 3.05) is 5.32 Å². The van der Waals surface area contributed by atoms with Crippen LogP contribution in [0.15, 0.2) is 52.2 Å². The number of benzene rings is 1. The average molecular weight is 271 g/mol. The van der Waals surface area contributed by atoms with E-state index in [4.69, 9.17) is 4.42 Å². The normalized spacial score (nSPS) is 12.3. The maximum absolute atomic E-state index is 11.8.